The number of benzene rings is 4. The Kier molecular flexibility index (Phi) is 10.7. The molecule has 7 nitrogen and oxygen atoms in total. The first-order valence-corrected chi connectivity index (χ1v) is 15.6. The van der Waals surface area contributed by atoms with Gasteiger partial charge in [-0.05, 0) is 60.9 Å². The number of hydrogen-bond acceptors (Lipinski definition) is 4. The number of nitrogens with one attached hydrogen (secondary N) is 1. The van der Waals surface area contributed by atoms with E-state index in [4.69, 9.17) is 0 Å². The van der Waals surface area contributed by atoms with Crippen LogP contribution in [0, 0.1) is 5.82 Å². The second-order valence-corrected chi connectivity index (χ2v) is 12.2. The number of hydrogen-bond donors (Lipinski definition) is 1. The Morgan fingerprint density at radius 1 is 0.791 bits per heavy atom. The van der Waals surface area contributed by atoms with Crippen LogP contribution in [0.15, 0.2) is 120 Å². The van der Waals surface area contributed by atoms with Crippen LogP contribution in [0.4, 0.5) is 10.1 Å². The molecule has 0 heterocycles. The summed E-state index contributed by atoms with van der Waals surface area (Å²) in [5.74, 6) is -1.45. The zero-order valence-corrected chi connectivity index (χ0v) is 25.1. The molecule has 0 aromatic heterocycles. The number of anilines is 1. The van der Waals surface area contributed by atoms with Gasteiger partial charge in [-0.3, -0.25) is 13.9 Å². The maximum Gasteiger partial charge on any atom is 0.264 e. The molecule has 9 heteroatoms. The lowest BCUT2D eigenvalue weighted by Gasteiger charge is -2.34. The highest BCUT2D eigenvalue weighted by Crippen LogP contribution is 2.25. The van der Waals surface area contributed by atoms with E-state index < -0.39 is 34.3 Å². The standard InChI is InChI=1S/C34H36FN3O4S/c1-3-26(2)36-34(40)32(23-27-13-7-4-8-14-27)37(24-28-15-9-5-10-16-28)33(39)25-38(30-21-19-29(35)20-22-30)43(41,42)31-17-11-6-12-18-31/h4-22,26,32H,3,23-25H2,1-2H3,(H,36,40)/t26-,32-/m1/s1. The monoisotopic (exact) mass is 601 g/mol. The third kappa shape index (κ3) is 8.29. The lowest BCUT2D eigenvalue weighted by Crippen LogP contribution is -2.54. The summed E-state index contributed by atoms with van der Waals surface area (Å²) in [5.41, 5.74) is 1.76. The average molecular weight is 602 g/mol. The number of nitrogens with zero attached hydrogens (tertiary/aromatic N) is 2. The number of rotatable bonds is 13. The van der Waals surface area contributed by atoms with E-state index in [-0.39, 0.29) is 35.5 Å². The van der Waals surface area contributed by atoms with Crippen LogP contribution in [0.5, 0.6) is 0 Å². The molecule has 4 aromatic carbocycles. The van der Waals surface area contributed by atoms with Gasteiger partial charge in [0.15, 0.2) is 0 Å². The fourth-order valence-corrected chi connectivity index (χ4v) is 6.07. The normalized spacial score (nSPS) is 12.6. The molecular formula is C34H36FN3O4S. The first-order chi connectivity index (χ1) is 20.7. The van der Waals surface area contributed by atoms with Gasteiger partial charge < -0.3 is 10.2 Å². The number of carbonyl (C=O) groups is 2. The lowest BCUT2D eigenvalue weighted by molar-refractivity contribution is -0.140. The van der Waals surface area contributed by atoms with Gasteiger partial charge in [-0.15, -0.1) is 0 Å². The van der Waals surface area contributed by atoms with Crippen LogP contribution in [-0.4, -0.2) is 43.8 Å². The minimum atomic E-state index is -4.23. The summed E-state index contributed by atoms with van der Waals surface area (Å²) < 4.78 is 42.6. The Morgan fingerprint density at radius 3 is 1.88 bits per heavy atom. The third-order valence-corrected chi connectivity index (χ3v) is 8.98. The minimum Gasteiger partial charge on any atom is -0.352 e. The van der Waals surface area contributed by atoms with Crippen molar-refractivity contribution in [2.75, 3.05) is 10.8 Å². The van der Waals surface area contributed by atoms with Gasteiger partial charge in [-0.25, -0.2) is 12.8 Å². The number of halogens is 1. The highest BCUT2D eigenvalue weighted by Gasteiger charge is 2.34. The maximum absolute atomic E-state index is 14.3. The molecule has 4 rings (SSSR count). The summed E-state index contributed by atoms with van der Waals surface area (Å²) in [7, 11) is -4.23. The van der Waals surface area contributed by atoms with Crippen molar-refractivity contribution < 1.29 is 22.4 Å². The van der Waals surface area contributed by atoms with E-state index in [1.54, 1.807) is 18.2 Å². The van der Waals surface area contributed by atoms with Gasteiger partial charge >= 0.3 is 0 Å². The van der Waals surface area contributed by atoms with Crippen LogP contribution in [0.25, 0.3) is 0 Å². The average Bonchev–Trinajstić information content (AvgIpc) is 3.03. The SMILES string of the molecule is CC[C@@H](C)NC(=O)[C@@H](Cc1ccccc1)N(Cc1ccccc1)C(=O)CN(c1ccc(F)cc1)S(=O)(=O)c1ccccc1. The van der Waals surface area contributed by atoms with E-state index in [1.807, 2.05) is 74.5 Å². The van der Waals surface area contributed by atoms with E-state index in [1.165, 1.54) is 29.2 Å². The van der Waals surface area contributed by atoms with Crippen LogP contribution in [0.3, 0.4) is 0 Å². The van der Waals surface area contributed by atoms with Crippen molar-refractivity contribution in [3.63, 3.8) is 0 Å². The highest BCUT2D eigenvalue weighted by atomic mass is 32.2. The third-order valence-electron chi connectivity index (χ3n) is 7.19. The predicted molar refractivity (Wildman–Crippen MR) is 166 cm³/mol. The Labute approximate surface area is 253 Å². The molecule has 4 aromatic rings. The molecule has 0 unspecified atom stereocenters. The van der Waals surface area contributed by atoms with Crippen molar-refractivity contribution >= 4 is 27.5 Å². The molecule has 0 aliphatic heterocycles. The van der Waals surface area contributed by atoms with Crippen molar-refractivity contribution in [3.05, 3.63) is 132 Å². The van der Waals surface area contributed by atoms with E-state index >= 15 is 0 Å². The van der Waals surface area contributed by atoms with Gasteiger partial charge in [0.1, 0.15) is 18.4 Å². The van der Waals surface area contributed by atoms with Gasteiger partial charge in [0.2, 0.25) is 11.8 Å². The molecule has 2 atom stereocenters. The second-order valence-electron chi connectivity index (χ2n) is 10.3. The van der Waals surface area contributed by atoms with Crippen molar-refractivity contribution in [2.24, 2.45) is 0 Å². The zero-order chi connectivity index (χ0) is 30.8. The Hall–Kier alpha value is -4.50. The largest absolute Gasteiger partial charge is 0.352 e. The summed E-state index contributed by atoms with van der Waals surface area (Å²) in [4.78, 5) is 29.5. The Balaban J connectivity index is 1.78. The van der Waals surface area contributed by atoms with Crippen LogP contribution in [0.1, 0.15) is 31.4 Å². The van der Waals surface area contributed by atoms with Crippen LogP contribution < -0.4 is 9.62 Å². The summed E-state index contributed by atoms with van der Waals surface area (Å²) in [6.07, 6.45) is 0.924. The molecule has 0 aliphatic rings. The second kappa shape index (κ2) is 14.6. The predicted octanol–water partition coefficient (Wildman–Crippen LogP) is 5.58. The van der Waals surface area contributed by atoms with Crippen LogP contribution in [0.2, 0.25) is 0 Å². The fourth-order valence-electron chi connectivity index (χ4n) is 4.63. The van der Waals surface area contributed by atoms with E-state index in [0.717, 1.165) is 27.6 Å². The van der Waals surface area contributed by atoms with Gasteiger partial charge in [-0.1, -0.05) is 85.8 Å². The molecule has 0 bridgehead atoms. The molecule has 43 heavy (non-hydrogen) atoms. The Morgan fingerprint density at radius 2 is 1.33 bits per heavy atom. The van der Waals surface area contributed by atoms with Crippen molar-refractivity contribution in [3.8, 4) is 0 Å². The van der Waals surface area contributed by atoms with Crippen LogP contribution >= 0.6 is 0 Å². The molecule has 0 saturated carbocycles. The van der Waals surface area contributed by atoms with E-state index in [0.29, 0.717) is 6.42 Å². The molecule has 1 N–H and O–H groups in total. The molecule has 0 saturated heterocycles. The van der Waals surface area contributed by atoms with Crippen molar-refractivity contribution in [1.82, 2.24) is 10.2 Å². The minimum absolute atomic E-state index is 0.0166. The molecule has 0 radical (unpaired) electrons. The lowest BCUT2D eigenvalue weighted by atomic mass is 10.0. The summed E-state index contributed by atoms with van der Waals surface area (Å²) >= 11 is 0. The fraction of sp³-hybridized carbons (Fsp3) is 0.235. The topological polar surface area (TPSA) is 86.8 Å². The number of carbonyl (C=O) groups excluding carboxylic acids is 2. The van der Waals surface area contributed by atoms with Crippen molar-refractivity contribution in [1.29, 1.82) is 0 Å². The molecule has 0 fully saturated rings. The summed E-state index contributed by atoms with van der Waals surface area (Å²) in [6.45, 7) is 3.33. The molecule has 2 amide bonds. The Bertz CT molecular complexity index is 1590. The summed E-state index contributed by atoms with van der Waals surface area (Å²) in [5, 5.41) is 3.01. The first kappa shape index (κ1) is 31.4. The molecule has 0 spiro atoms. The van der Waals surface area contributed by atoms with E-state index in [2.05, 4.69) is 5.32 Å². The smallest absolute Gasteiger partial charge is 0.264 e. The van der Waals surface area contributed by atoms with Crippen molar-refractivity contribution in [2.45, 2.75) is 50.2 Å². The van der Waals surface area contributed by atoms with Gasteiger partial charge in [0.05, 0.1) is 10.6 Å². The first-order valence-electron chi connectivity index (χ1n) is 14.2. The number of sulfonamides is 1. The highest BCUT2D eigenvalue weighted by molar-refractivity contribution is 7.92. The molecule has 224 valence electrons. The van der Waals surface area contributed by atoms with Gasteiger partial charge in [0, 0.05) is 19.0 Å². The molecular weight excluding hydrogens is 565 g/mol. The molecule has 0 aliphatic carbocycles. The maximum atomic E-state index is 14.3. The quantitative estimate of drug-likeness (QED) is 0.217. The van der Waals surface area contributed by atoms with E-state index in [9.17, 15) is 22.4 Å². The van der Waals surface area contributed by atoms with Gasteiger partial charge in [-0.2, -0.15) is 0 Å². The number of amides is 2. The zero-order valence-electron chi connectivity index (χ0n) is 24.3. The van der Waals surface area contributed by atoms with Crippen LogP contribution in [-0.2, 0) is 32.6 Å². The van der Waals surface area contributed by atoms with Gasteiger partial charge in [0.25, 0.3) is 10.0 Å². The summed E-state index contributed by atoms with van der Waals surface area (Å²) in [6, 6.07) is 30.3.